The third-order valence-electron chi connectivity index (χ3n) is 2.94. The quantitative estimate of drug-likeness (QED) is 0.688. The summed E-state index contributed by atoms with van der Waals surface area (Å²) in [6, 6.07) is 0.109. The summed E-state index contributed by atoms with van der Waals surface area (Å²) in [4.78, 5) is 0. The van der Waals surface area contributed by atoms with Crippen LogP contribution in [-0.2, 0) is 17.1 Å². The van der Waals surface area contributed by atoms with Gasteiger partial charge >= 0.3 is 0 Å². The highest BCUT2D eigenvalue weighted by atomic mass is 32.2. The van der Waals surface area contributed by atoms with Gasteiger partial charge in [0.15, 0.2) is 0 Å². The molecule has 1 aliphatic rings. The van der Waals surface area contributed by atoms with Gasteiger partial charge in [0.05, 0.1) is 23.2 Å². The standard InChI is InChI=1S/C8H15N5O2S/c1-13-8(5-11-12-13)7-3-2-6(4-10-7)16(9,14)15/h5-7,10H,2-4H2,1H3,(H2,9,14,15). The van der Waals surface area contributed by atoms with Crippen molar-refractivity contribution in [2.45, 2.75) is 24.1 Å². The van der Waals surface area contributed by atoms with Gasteiger partial charge in [0.1, 0.15) is 0 Å². The Hall–Kier alpha value is -0.990. The molecule has 90 valence electrons. The van der Waals surface area contributed by atoms with E-state index >= 15 is 0 Å². The van der Waals surface area contributed by atoms with Crippen LogP contribution in [-0.4, -0.2) is 35.2 Å². The first kappa shape index (κ1) is 11.5. The molecule has 3 N–H and O–H groups in total. The van der Waals surface area contributed by atoms with Crippen LogP contribution < -0.4 is 10.5 Å². The van der Waals surface area contributed by atoms with E-state index in [4.69, 9.17) is 5.14 Å². The van der Waals surface area contributed by atoms with Crippen LogP contribution in [0, 0.1) is 0 Å². The highest BCUT2D eigenvalue weighted by Crippen LogP contribution is 2.23. The Kier molecular flexibility index (Phi) is 2.96. The zero-order valence-electron chi connectivity index (χ0n) is 9.00. The maximum atomic E-state index is 11.2. The van der Waals surface area contributed by atoms with Crippen LogP contribution in [0.2, 0.25) is 0 Å². The fourth-order valence-corrected chi connectivity index (χ4v) is 2.77. The van der Waals surface area contributed by atoms with Gasteiger partial charge in [-0.2, -0.15) is 0 Å². The average Bonchev–Trinajstić information content (AvgIpc) is 2.63. The van der Waals surface area contributed by atoms with E-state index in [2.05, 4.69) is 15.6 Å². The van der Waals surface area contributed by atoms with Gasteiger partial charge in [0.25, 0.3) is 0 Å². The second-order valence-corrected chi connectivity index (χ2v) is 5.88. The number of hydrogen-bond donors (Lipinski definition) is 2. The van der Waals surface area contributed by atoms with Gasteiger partial charge in [-0.1, -0.05) is 5.21 Å². The fourth-order valence-electron chi connectivity index (χ4n) is 1.98. The molecule has 1 saturated heterocycles. The van der Waals surface area contributed by atoms with E-state index in [1.165, 1.54) is 0 Å². The molecule has 16 heavy (non-hydrogen) atoms. The summed E-state index contributed by atoms with van der Waals surface area (Å²) in [6.07, 6.45) is 2.99. The van der Waals surface area contributed by atoms with E-state index in [-0.39, 0.29) is 6.04 Å². The van der Waals surface area contributed by atoms with Gasteiger partial charge in [0, 0.05) is 13.6 Å². The van der Waals surface area contributed by atoms with Gasteiger partial charge in [-0.15, -0.1) is 5.10 Å². The van der Waals surface area contributed by atoms with E-state index in [0.717, 1.165) is 12.1 Å². The summed E-state index contributed by atoms with van der Waals surface area (Å²) in [5.74, 6) is 0. The maximum absolute atomic E-state index is 11.2. The number of nitrogens with zero attached hydrogens (tertiary/aromatic N) is 3. The van der Waals surface area contributed by atoms with Crippen molar-refractivity contribution in [3.63, 3.8) is 0 Å². The van der Waals surface area contributed by atoms with E-state index in [0.29, 0.717) is 13.0 Å². The molecule has 0 spiro atoms. The van der Waals surface area contributed by atoms with Crippen LogP contribution in [0.5, 0.6) is 0 Å². The van der Waals surface area contributed by atoms with E-state index < -0.39 is 15.3 Å². The van der Waals surface area contributed by atoms with Crippen molar-refractivity contribution in [3.05, 3.63) is 11.9 Å². The van der Waals surface area contributed by atoms with Crippen LogP contribution in [0.4, 0.5) is 0 Å². The fraction of sp³-hybridized carbons (Fsp3) is 0.750. The Balaban J connectivity index is 2.04. The predicted octanol–water partition coefficient (Wildman–Crippen LogP) is -1.10. The van der Waals surface area contributed by atoms with E-state index in [9.17, 15) is 8.42 Å². The summed E-state index contributed by atoms with van der Waals surface area (Å²) in [5.41, 5.74) is 0.966. The molecule has 0 saturated carbocycles. The lowest BCUT2D eigenvalue weighted by molar-refractivity contribution is 0.391. The number of rotatable bonds is 2. The zero-order chi connectivity index (χ0) is 11.8. The Morgan fingerprint density at radius 1 is 1.56 bits per heavy atom. The number of piperidine rings is 1. The number of aryl methyl sites for hydroxylation is 1. The molecule has 8 heteroatoms. The minimum Gasteiger partial charge on any atom is -0.307 e. The number of aromatic nitrogens is 3. The summed E-state index contributed by atoms with van der Waals surface area (Å²) in [6.45, 7) is 0.384. The highest BCUT2D eigenvalue weighted by Gasteiger charge is 2.29. The Morgan fingerprint density at radius 2 is 2.31 bits per heavy atom. The average molecular weight is 245 g/mol. The van der Waals surface area contributed by atoms with Crippen molar-refractivity contribution in [2.24, 2.45) is 12.2 Å². The van der Waals surface area contributed by atoms with Gasteiger partial charge in [0.2, 0.25) is 10.0 Å². The second-order valence-electron chi connectivity index (χ2n) is 4.03. The number of hydrogen-bond acceptors (Lipinski definition) is 5. The zero-order valence-corrected chi connectivity index (χ0v) is 9.81. The third-order valence-corrected chi connectivity index (χ3v) is 4.27. The van der Waals surface area contributed by atoms with Gasteiger partial charge in [-0.05, 0) is 12.8 Å². The monoisotopic (exact) mass is 245 g/mol. The first-order chi connectivity index (χ1) is 7.48. The molecular formula is C8H15N5O2S. The first-order valence-electron chi connectivity index (χ1n) is 5.08. The summed E-state index contributed by atoms with van der Waals surface area (Å²) in [5, 5.41) is 15.4. The molecule has 7 nitrogen and oxygen atoms in total. The van der Waals surface area contributed by atoms with Crippen LogP contribution in [0.1, 0.15) is 24.6 Å². The predicted molar refractivity (Wildman–Crippen MR) is 57.9 cm³/mol. The third kappa shape index (κ3) is 2.23. The summed E-state index contributed by atoms with van der Waals surface area (Å²) < 4.78 is 24.0. The maximum Gasteiger partial charge on any atom is 0.213 e. The largest absolute Gasteiger partial charge is 0.307 e. The minimum absolute atomic E-state index is 0.109. The Morgan fingerprint density at radius 3 is 2.75 bits per heavy atom. The topological polar surface area (TPSA) is 103 Å². The second kappa shape index (κ2) is 4.11. The lowest BCUT2D eigenvalue weighted by Gasteiger charge is -2.28. The number of primary sulfonamides is 1. The van der Waals surface area contributed by atoms with Crippen LogP contribution in [0.15, 0.2) is 6.20 Å². The molecule has 1 aliphatic heterocycles. The number of nitrogens with two attached hydrogens (primary N) is 1. The normalized spacial score (nSPS) is 26.9. The molecular weight excluding hydrogens is 230 g/mol. The van der Waals surface area contributed by atoms with E-state index in [1.54, 1.807) is 10.9 Å². The SMILES string of the molecule is Cn1nncc1C1CCC(S(N)(=O)=O)CN1. The number of sulfonamides is 1. The highest BCUT2D eigenvalue weighted by molar-refractivity contribution is 7.89. The molecule has 2 heterocycles. The minimum atomic E-state index is -3.43. The van der Waals surface area contributed by atoms with Crippen molar-refractivity contribution in [3.8, 4) is 0 Å². The molecule has 2 unspecified atom stereocenters. The van der Waals surface area contributed by atoms with Crippen molar-refractivity contribution in [1.29, 1.82) is 0 Å². The van der Waals surface area contributed by atoms with Gasteiger partial charge in [-0.25, -0.2) is 13.6 Å². The molecule has 0 radical (unpaired) electrons. The van der Waals surface area contributed by atoms with Crippen molar-refractivity contribution < 1.29 is 8.42 Å². The molecule has 1 fully saturated rings. The van der Waals surface area contributed by atoms with Gasteiger partial charge < -0.3 is 5.32 Å². The smallest absolute Gasteiger partial charge is 0.213 e. The molecule has 0 aromatic carbocycles. The number of nitrogens with one attached hydrogen (secondary N) is 1. The van der Waals surface area contributed by atoms with Crippen molar-refractivity contribution >= 4 is 10.0 Å². The van der Waals surface area contributed by atoms with Gasteiger partial charge in [-0.3, -0.25) is 4.68 Å². The molecule has 0 bridgehead atoms. The lowest BCUT2D eigenvalue weighted by atomic mass is 10.0. The Labute approximate surface area is 94.1 Å². The molecule has 0 amide bonds. The van der Waals surface area contributed by atoms with Crippen molar-refractivity contribution in [1.82, 2.24) is 20.3 Å². The first-order valence-corrected chi connectivity index (χ1v) is 6.69. The van der Waals surface area contributed by atoms with Crippen molar-refractivity contribution in [2.75, 3.05) is 6.54 Å². The van der Waals surface area contributed by atoms with Crippen LogP contribution >= 0.6 is 0 Å². The molecule has 0 aliphatic carbocycles. The van der Waals surface area contributed by atoms with Crippen LogP contribution in [0.3, 0.4) is 0 Å². The molecule has 1 aromatic heterocycles. The summed E-state index contributed by atoms with van der Waals surface area (Å²) >= 11 is 0. The lowest BCUT2D eigenvalue weighted by Crippen LogP contribution is -2.43. The van der Waals surface area contributed by atoms with E-state index in [1.807, 2.05) is 7.05 Å². The summed E-state index contributed by atoms with van der Waals surface area (Å²) in [7, 11) is -1.61. The molecule has 2 rings (SSSR count). The van der Waals surface area contributed by atoms with Crippen LogP contribution in [0.25, 0.3) is 0 Å². The molecule has 2 atom stereocenters. The Bertz CT molecular complexity index is 461. The molecule has 1 aromatic rings.